The smallest absolute Gasteiger partial charge is 0.409 e. The van der Waals surface area contributed by atoms with Gasteiger partial charge in [-0.2, -0.15) is 0 Å². The molecule has 0 aliphatic carbocycles. The molecule has 4 nitrogen and oxygen atoms in total. The Hall–Kier alpha value is -2.49. The monoisotopic (exact) mass is 283 g/mol. The molecule has 1 unspecified atom stereocenters. The summed E-state index contributed by atoms with van der Waals surface area (Å²) in [7, 11) is 1.53. The van der Waals surface area contributed by atoms with E-state index in [4.69, 9.17) is 9.84 Å². The van der Waals surface area contributed by atoms with Gasteiger partial charge in [0, 0.05) is 24.6 Å². The topological polar surface area (TPSA) is 49.8 Å². The lowest BCUT2D eigenvalue weighted by molar-refractivity contribution is 0.0610. The summed E-state index contributed by atoms with van der Waals surface area (Å²) in [5, 5.41) is 9.09. The fraction of sp³-hybridized carbons (Fsp3) is 0.235. The molecule has 0 aromatic heterocycles. The van der Waals surface area contributed by atoms with Crippen LogP contribution in [0.15, 0.2) is 42.5 Å². The normalized spacial score (nSPS) is 16.2. The summed E-state index contributed by atoms with van der Waals surface area (Å²) < 4.78 is 5.90. The van der Waals surface area contributed by atoms with E-state index in [1.165, 1.54) is 17.5 Å². The molecule has 1 N–H and O–H groups in total. The van der Waals surface area contributed by atoms with Gasteiger partial charge in [-0.25, -0.2) is 4.79 Å². The zero-order valence-corrected chi connectivity index (χ0v) is 12.0. The largest absolute Gasteiger partial charge is 0.469 e. The Bertz CT molecular complexity index is 696. The molecule has 0 spiro atoms. The van der Waals surface area contributed by atoms with Crippen LogP contribution in [0.2, 0.25) is 0 Å². The number of para-hydroxylation sites is 1. The minimum absolute atomic E-state index is 0.455. The molecule has 108 valence electrons. The van der Waals surface area contributed by atoms with Gasteiger partial charge < -0.3 is 9.84 Å². The molecule has 2 aromatic carbocycles. The predicted molar refractivity (Wildman–Crippen MR) is 80.5 cm³/mol. The zero-order valence-electron chi connectivity index (χ0n) is 12.0. The maximum atomic E-state index is 11.1. The highest BCUT2D eigenvalue weighted by molar-refractivity contribution is 5.74. The molecule has 1 aliphatic heterocycles. The minimum Gasteiger partial charge on any atom is -0.469 e. The molecule has 0 bridgehead atoms. The number of benzene rings is 2. The first kappa shape index (κ1) is 13.5. The maximum absolute atomic E-state index is 11.1. The molecule has 21 heavy (non-hydrogen) atoms. The Kier molecular flexibility index (Phi) is 3.29. The zero-order chi connectivity index (χ0) is 15.0. The van der Waals surface area contributed by atoms with E-state index in [0.717, 1.165) is 22.4 Å². The van der Waals surface area contributed by atoms with E-state index in [-0.39, 0.29) is 0 Å². The second-order valence-electron chi connectivity index (χ2n) is 5.33. The van der Waals surface area contributed by atoms with Gasteiger partial charge >= 0.3 is 6.09 Å². The van der Waals surface area contributed by atoms with E-state index < -0.39 is 12.3 Å². The maximum Gasteiger partial charge on any atom is 0.409 e. The van der Waals surface area contributed by atoms with Crippen molar-refractivity contribution >= 4 is 6.09 Å². The van der Waals surface area contributed by atoms with Crippen LogP contribution < -0.4 is 4.74 Å². The second kappa shape index (κ2) is 5.13. The molecule has 0 fully saturated rings. The van der Waals surface area contributed by atoms with Gasteiger partial charge in [0.05, 0.1) is 0 Å². The summed E-state index contributed by atoms with van der Waals surface area (Å²) in [5.74, 6) is 0.793. The van der Waals surface area contributed by atoms with Crippen LogP contribution in [0, 0.1) is 6.92 Å². The Morgan fingerprint density at radius 1 is 1.29 bits per heavy atom. The van der Waals surface area contributed by atoms with Gasteiger partial charge in [-0.15, -0.1) is 0 Å². The van der Waals surface area contributed by atoms with Crippen molar-refractivity contribution in [2.24, 2.45) is 0 Å². The lowest BCUT2D eigenvalue weighted by atomic mass is 10.00. The number of aryl methyl sites for hydroxylation is 1. The van der Waals surface area contributed by atoms with Crippen molar-refractivity contribution in [3.05, 3.63) is 53.6 Å². The van der Waals surface area contributed by atoms with Gasteiger partial charge in [0.1, 0.15) is 5.75 Å². The van der Waals surface area contributed by atoms with E-state index in [1.807, 2.05) is 30.3 Å². The highest BCUT2D eigenvalue weighted by Gasteiger charge is 2.30. The highest BCUT2D eigenvalue weighted by atomic mass is 16.5. The number of nitrogens with zero attached hydrogens (tertiary/aromatic N) is 1. The molecule has 1 atom stereocenters. The highest BCUT2D eigenvalue weighted by Crippen LogP contribution is 2.39. The average molecular weight is 283 g/mol. The number of rotatable bonds is 2. The van der Waals surface area contributed by atoms with Crippen LogP contribution in [0.5, 0.6) is 5.75 Å². The number of carboxylic acid groups (broad SMARTS) is 1. The van der Waals surface area contributed by atoms with Gasteiger partial charge in [-0.05, 0) is 12.5 Å². The Morgan fingerprint density at radius 3 is 2.76 bits per heavy atom. The van der Waals surface area contributed by atoms with Crippen LogP contribution >= 0.6 is 0 Å². The first-order valence-electron chi connectivity index (χ1n) is 6.87. The molecule has 2 aromatic rings. The van der Waals surface area contributed by atoms with E-state index in [9.17, 15) is 4.79 Å². The van der Waals surface area contributed by atoms with Crippen molar-refractivity contribution in [1.29, 1.82) is 0 Å². The molecule has 4 heteroatoms. The predicted octanol–water partition coefficient (Wildman–Crippen LogP) is 3.53. The third-order valence-electron chi connectivity index (χ3n) is 3.81. The van der Waals surface area contributed by atoms with Crippen molar-refractivity contribution in [3.8, 4) is 16.9 Å². The van der Waals surface area contributed by atoms with Crippen LogP contribution in [0.25, 0.3) is 11.1 Å². The lowest BCUT2D eigenvalue weighted by Crippen LogP contribution is -2.38. The van der Waals surface area contributed by atoms with Crippen LogP contribution in [0.3, 0.4) is 0 Å². The lowest BCUT2D eigenvalue weighted by Gasteiger charge is -2.21. The van der Waals surface area contributed by atoms with Crippen molar-refractivity contribution in [2.75, 3.05) is 7.05 Å². The van der Waals surface area contributed by atoms with Gasteiger partial charge in [-0.1, -0.05) is 48.0 Å². The fourth-order valence-corrected chi connectivity index (χ4v) is 2.63. The Morgan fingerprint density at radius 2 is 2.05 bits per heavy atom. The number of likely N-dealkylation sites (N-methyl/N-ethyl adjacent to an activating group) is 1. The van der Waals surface area contributed by atoms with Crippen molar-refractivity contribution < 1.29 is 14.6 Å². The molecule has 1 heterocycles. The summed E-state index contributed by atoms with van der Waals surface area (Å²) in [5.41, 5.74) is 4.33. The van der Waals surface area contributed by atoms with Crippen LogP contribution in [0.4, 0.5) is 4.79 Å². The Labute approximate surface area is 123 Å². The molecular weight excluding hydrogens is 266 g/mol. The van der Waals surface area contributed by atoms with Crippen LogP contribution in [-0.2, 0) is 6.42 Å². The SMILES string of the molecule is Cc1cccc(-c2cccc3c2OC(N(C)C(=O)O)C3)c1. The number of fused-ring (bicyclic) bond motifs is 1. The number of ether oxygens (including phenoxy) is 1. The molecular formula is C17H17NO3. The number of carbonyl (C=O) groups is 1. The molecule has 1 amide bonds. The minimum atomic E-state index is -0.982. The first-order chi connectivity index (χ1) is 10.1. The number of hydrogen-bond acceptors (Lipinski definition) is 2. The third-order valence-corrected chi connectivity index (χ3v) is 3.81. The molecule has 0 saturated heterocycles. The summed E-state index contributed by atoms with van der Waals surface area (Å²) in [4.78, 5) is 12.3. The number of amides is 1. The summed E-state index contributed by atoms with van der Waals surface area (Å²) in [6.45, 7) is 2.05. The third kappa shape index (κ3) is 2.44. The number of hydrogen-bond donors (Lipinski definition) is 1. The van der Waals surface area contributed by atoms with Crippen LogP contribution in [0.1, 0.15) is 11.1 Å². The van der Waals surface area contributed by atoms with Crippen molar-refractivity contribution in [3.63, 3.8) is 0 Å². The standard InChI is InChI=1S/C17H17NO3/c1-11-5-3-6-12(9-11)14-8-4-7-13-10-15(21-16(13)14)18(2)17(19)20/h3-9,15H,10H2,1-2H3,(H,19,20). The quantitative estimate of drug-likeness (QED) is 0.917. The summed E-state index contributed by atoms with van der Waals surface area (Å²) >= 11 is 0. The van der Waals surface area contributed by atoms with Crippen LogP contribution in [-0.4, -0.2) is 29.4 Å². The summed E-state index contributed by atoms with van der Waals surface area (Å²) in [6.07, 6.45) is -0.856. The summed E-state index contributed by atoms with van der Waals surface area (Å²) in [6, 6.07) is 14.2. The molecule has 0 radical (unpaired) electrons. The van der Waals surface area contributed by atoms with E-state index in [2.05, 4.69) is 19.1 Å². The van der Waals surface area contributed by atoms with E-state index in [1.54, 1.807) is 0 Å². The van der Waals surface area contributed by atoms with Gasteiger partial charge in [0.25, 0.3) is 0 Å². The van der Waals surface area contributed by atoms with Crippen molar-refractivity contribution in [1.82, 2.24) is 4.90 Å². The van der Waals surface area contributed by atoms with E-state index in [0.29, 0.717) is 6.42 Å². The average Bonchev–Trinajstić information content (AvgIpc) is 2.90. The molecule has 1 aliphatic rings. The van der Waals surface area contributed by atoms with Gasteiger partial charge in [-0.3, -0.25) is 4.90 Å². The molecule has 3 rings (SSSR count). The fourth-order valence-electron chi connectivity index (χ4n) is 2.63. The van der Waals surface area contributed by atoms with Crippen molar-refractivity contribution in [2.45, 2.75) is 19.6 Å². The van der Waals surface area contributed by atoms with E-state index >= 15 is 0 Å². The first-order valence-corrected chi connectivity index (χ1v) is 6.87. The van der Waals surface area contributed by atoms with Gasteiger partial charge in [0.2, 0.25) is 0 Å². The molecule has 0 saturated carbocycles. The Balaban J connectivity index is 1.98. The second-order valence-corrected chi connectivity index (χ2v) is 5.33. The van der Waals surface area contributed by atoms with Gasteiger partial charge in [0.15, 0.2) is 6.23 Å².